The Morgan fingerprint density at radius 3 is 1.45 bits per heavy atom. The number of nitrogens with one attached hydrogen (secondary N) is 1. The zero-order chi connectivity index (χ0) is 36.0. The summed E-state index contributed by atoms with van der Waals surface area (Å²) in [6.45, 7) is 3.81. The monoisotopic (exact) mass is 702 g/mol. The maximum absolute atomic E-state index is 12.9. The molecule has 1 heterocycles. The van der Waals surface area contributed by atoms with Gasteiger partial charge in [0.15, 0.2) is 6.29 Å². The van der Waals surface area contributed by atoms with E-state index in [1.807, 2.05) is 0 Å². The molecule has 1 amide bonds. The fourth-order valence-electron chi connectivity index (χ4n) is 6.81. The second kappa shape index (κ2) is 31.9. The summed E-state index contributed by atoms with van der Waals surface area (Å²) in [4.78, 5) is 12.9. The molecule has 1 aliphatic rings. The average Bonchev–Trinajstić information content (AvgIpc) is 3.10. The third-order valence-corrected chi connectivity index (χ3v) is 10.2. The molecule has 6 N–H and O–H groups in total. The van der Waals surface area contributed by atoms with E-state index in [0.29, 0.717) is 12.8 Å². The van der Waals surface area contributed by atoms with E-state index in [4.69, 9.17) is 9.47 Å². The van der Waals surface area contributed by atoms with Crippen molar-refractivity contribution >= 4 is 5.91 Å². The first-order valence-corrected chi connectivity index (χ1v) is 20.7. The molecule has 49 heavy (non-hydrogen) atoms. The number of unbranched alkanes of at least 4 members (excludes halogenated alkanes) is 24. The van der Waals surface area contributed by atoms with E-state index in [1.165, 1.54) is 128 Å². The molecule has 0 radical (unpaired) electrons. The molecule has 0 aromatic carbocycles. The number of aliphatic hydroxyl groups excluding tert-OH is 5. The maximum Gasteiger partial charge on any atom is 0.220 e. The molecule has 0 bridgehead atoms. The number of rotatable bonds is 34. The molecule has 0 spiro atoms. The lowest BCUT2D eigenvalue weighted by Crippen LogP contribution is -2.60. The van der Waals surface area contributed by atoms with Crippen molar-refractivity contribution in [3.05, 3.63) is 0 Å². The van der Waals surface area contributed by atoms with Crippen molar-refractivity contribution in [1.29, 1.82) is 0 Å². The van der Waals surface area contributed by atoms with Gasteiger partial charge < -0.3 is 40.3 Å². The predicted octanol–water partition coefficient (Wildman–Crippen LogP) is 7.61. The lowest BCUT2D eigenvalue weighted by molar-refractivity contribution is -0.302. The van der Waals surface area contributed by atoms with Gasteiger partial charge in [0.1, 0.15) is 24.4 Å². The number of carbonyl (C=O) groups excluding carboxylic acids is 1. The minimum absolute atomic E-state index is 0.132. The summed E-state index contributed by atoms with van der Waals surface area (Å²) in [5.74, 6) is -0.145. The first-order valence-electron chi connectivity index (χ1n) is 20.7. The molecular formula is C40H79NO8. The zero-order valence-electron chi connectivity index (χ0n) is 31.7. The van der Waals surface area contributed by atoms with Gasteiger partial charge >= 0.3 is 0 Å². The van der Waals surface area contributed by atoms with Crippen LogP contribution in [0.1, 0.15) is 194 Å². The fourth-order valence-corrected chi connectivity index (χ4v) is 6.81. The van der Waals surface area contributed by atoms with Crippen LogP contribution in [-0.4, -0.2) is 87.5 Å². The SMILES string of the molecule is CCCCCCCCCCCCCCCCCC[C@@H](O)[C@H](CO[C@@H]1O[C@H](CO)[C@@H](O)C(O)C1O)NC(=O)CCCCCCCCCCCC. The van der Waals surface area contributed by atoms with Gasteiger partial charge in [0, 0.05) is 6.42 Å². The van der Waals surface area contributed by atoms with Gasteiger partial charge in [-0.1, -0.05) is 174 Å². The minimum atomic E-state index is -1.55. The van der Waals surface area contributed by atoms with E-state index in [1.54, 1.807) is 0 Å². The molecule has 0 aliphatic carbocycles. The maximum atomic E-state index is 12.9. The number of aliphatic hydroxyl groups is 5. The second-order valence-corrected chi connectivity index (χ2v) is 14.8. The van der Waals surface area contributed by atoms with Crippen molar-refractivity contribution in [1.82, 2.24) is 5.32 Å². The molecule has 9 heteroatoms. The Hall–Kier alpha value is -0.810. The Kier molecular flexibility index (Phi) is 30.1. The van der Waals surface area contributed by atoms with Gasteiger partial charge in [0.2, 0.25) is 5.91 Å². The normalized spacial score (nSPS) is 22.3. The highest BCUT2D eigenvalue weighted by atomic mass is 16.7. The molecule has 0 saturated carbocycles. The molecule has 292 valence electrons. The van der Waals surface area contributed by atoms with E-state index in [2.05, 4.69) is 19.2 Å². The standard InChI is InChI=1S/C40H79NO8/c1-3-5-7-9-11-13-15-16-17-18-19-20-21-23-25-27-29-34(43)33(32-48-40-39(47)38(46)37(45)35(31-42)49-40)41-36(44)30-28-26-24-22-14-12-10-8-6-4-2/h33-35,37-40,42-43,45-47H,3-32H2,1-2H3,(H,41,44)/t33-,34+,35+,37+,38?,39?,40+/m0/s1. The molecular weight excluding hydrogens is 622 g/mol. The molecule has 9 nitrogen and oxygen atoms in total. The Morgan fingerprint density at radius 1 is 0.612 bits per heavy atom. The Labute approximate surface area is 300 Å². The van der Waals surface area contributed by atoms with Gasteiger partial charge in [0.25, 0.3) is 0 Å². The summed E-state index contributed by atoms with van der Waals surface area (Å²) in [7, 11) is 0. The van der Waals surface area contributed by atoms with Crippen LogP contribution in [-0.2, 0) is 14.3 Å². The fraction of sp³-hybridized carbons (Fsp3) is 0.975. The van der Waals surface area contributed by atoms with E-state index in [-0.39, 0.29) is 12.5 Å². The first-order chi connectivity index (χ1) is 23.8. The highest BCUT2D eigenvalue weighted by Crippen LogP contribution is 2.23. The average molecular weight is 702 g/mol. The van der Waals surface area contributed by atoms with Crippen LogP contribution in [0.4, 0.5) is 0 Å². The molecule has 0 aromatic rings. The minimum Gasteiger partial charge on any atom is -0.394 e. The van der Waals surface area contributed by atoms with Crippen LogP contribution in [0.15, 0.2) is 0 Å². The van der Waals surface area contributed by atoms with E-state index < -0.39 is 49.5 Å². The van der Waals surface area contributed by atoms with Gasteiger partial charge in [-0.3, -0.25) is 4.79 Å². The van der Waals surface area contributed by atoms with Crippen molar-refractivity contribution in [2.24, 2.45) is 0 Å². The van der Waals surface area contributed by atoms with Crippen molar-refractivity contribution in [2.75, 3.05) is 13.2 Å². The Morgan fingerprint density at radius 2 is 1.02 bits per heavy atom. The van der Waals surface area contributed by atoms with Gasteiger partial charge in [-0.05, 0) is 12.8 Å². The zero-order valence-corrected chi connectivity index (χ0v) is 31.7. The number of carbonyl (C=O) groups is 1. The molecule has 2 unspecified atom stereocenters. The van der Waals surface area contributed by atoms with Crippen molar-refractivity contribution in [3.63, 3.8) is 0 Å². The third kappa shape index (κ3) is 23.4. The highest BCUT2D eigenvalue weighted by Gasteiger charge is 2.44. The molecule has 1 aliphatic heterocycles. The Balaban J connectivity index is 2.36. The third-order valence-electron chi connectivity index (χ3n) is 10.2. The van der Waals surface area contributed by atoms with Crippen molar-refractivity contribution in [2.45, 2.75) is 236 Å². The number of amides is 1. The first kappa shape index (κ1) is 46.2. The van der Waals surface area contributed by atoms with Gasteiger partial charge in [-0.25, -0.2) is 0 Å². The van der Waals surface area contributed by atoms with Gasteiger partial charge in [0.05, 0.1) is 25.4 Å². The van der Waals surface area contributed by atoms with Crippen molar-refractivity contribution < 1.29 is 39.8 Å². The summed E-state index contributed by atoms with van der Waals surface area (Å²) in [6.07, 6.45) is 25.4. The van der Waals surface area contributed by atoms with Crippen LogP contribution in [0.25, 0.3) is 0 Å². The summed E-state index contributed by atoms with van der Waals surface area (Å²) in [6, 6.07) is -0.709. The van der Waals surface area contributed by atoms with Crippen LogP contribution in [0.3, 0.4) is 0 Å². The summed E-state index contributed by atoms with van der Waals surface area (Å²) in [5, 5.41) is 54.1. The molecule has 1 rings (SSSR count). The largest absolute Gasteiger partial charge is 0.394 e. The number of ether oxygens (including phenoxy) is 2. The topological polar surface area (TPSA) is 149 Å². The molecule has 1 fully saturated rings. The van der Waals surface area contributed by atoms with Crippen LogP contribution in [0.2, 0.25) is 0 Å². The van der Waals surface area contributed by atoms with Gasteiger partial charge in [-0.15, -0.1) is 0 Å². The lowest BCUT2D eigenvalue weighted by Gasteiger charge is -2.40. The summed E-state index contributed by atoms with van der Waals surface area (Å²) in [5.41, 5.74) is 0. The summed E-state index contributed by atoms with van der Waals surface area (Å²) >= 11 is 0. The van der Waals surface area contributed by atoms with E-state index >= 15 is 0 Å². The number of hydrogen-bond acceptors (Lipinski definition) is 8. The van der Waals surface area contributed by atoms with Crippen molar-refractivity contribution in [3.8, 4) is 0 Å². The van der Waals surface area contributed by atoms with Crippen LogP contribution in [0.5, 0.6) is 0 Å². The highest BCUT2D eigenvalue weighted by molar-refractivity contribution is 5.76. The molecule has 1 saturated heterocycles. The molecule has 7 atom stereocenters. The quantitative estimate of drug-likeness (QED) is 0.0376. The smallest absolute Gasteiger partial charge is 0.220 e. The predicted molar refractivity (Wildman–Crippen MR) is 198 cm³/mol. The number of hydrogen-bond donors (Lipinski definition) is 6. The lowest BCUT2D eigenvalue weighted by atomic mass is 9.99. The van der Waals surface area contributed by atoms with E-state index in [9.17, 15) is 30.3 Å². The van der Waals surface area contributed by atoms with E-state index in [0.717, 1.165) is 38.5 Å². The van der Waals surface area contributed by atoms with Crippen LogP contribution >= 0.6 is 0 Å². The van der Waals surface area contributed by atoms with Crippen LogP contribution in [0, 0.1) is 0 Å². The summed E-state index contributed by atoms with van der Waals surface area (Å²) < 4.78 is 11.2. The van der Waals surface area contributed by atoms with Gasteiger partial charge in [-0.2, -0.15) is 0 Å². The Bertz CT molecular complexity index is 741. The molecule has 0 aromatic heterocycles. The van der Waals surface area contributed by atoms with Crippen LogP contribution < -0.4 is 5.32 Å². The second-order valence-electron chi connectivity index (χ2n) is 14.8.